The summed E-state index contributed by atoms with van der Waals surface area (Å²) in [6, 6.07) is 15.5. The van der Waals surface area contributed by atoms with Gasteiger partial charge in [0.15, 0.2) is 11.5 Å². The van der Waals surface area contributed by atoms with Crippen LogP contribution in [0.3, 0.4) is 0 Å². The molecule has 2 aromatic carbocycles. The Morgan fingerprint density at radius 3 is 2.61 bits per heavy atom. The highest BCUT2D eigenvalue weighted by molar-refractivity contribution is 9.10. The lowest BCUT2D eigenvalue weighted by Crippen LogP contribution is -2.12. The molecule has 150 valence electrons. The topological polar surface area (TPSA) is 43.6 Å². The van der Waals surface area contributed by atoms with Crippen molar-refractivity contribution < 1.29 is 13.9 Å². The summed E-state index contributed by atoms with van der Waals surface area (Å²) in [7, 11) is 0. The lowest BCUT2D eigenvalue weighted by molar-refractivity contribution is 0.267. The molecule has 1 heterocycles. The van der Waals surface area contributed by atoms with Gasteiger partial charge in [0.1, 0.15) is 12.4 Å². The molecule has 0 aliphatic carbocycles. The molecule has 0 aliphatic rings. The minimum Gasteiger partial charge on any atom is -0.490 e. The van der Waals surface area contributed by atoms with E-state index < -0.39 is 0 Å². The highest BCUT2D eigenvalue weighted by Gasteiger charge is 2.13. The number of ether oxygens (including phenoxy) is 2. The summed E-state index contributed by atoms with van der Waals surface area (Å²) >= 11 is 9.82. The SMILES string of the molecule is CCOc1cc(CNCc2ccco2)cc(Br)c1OCc1ccccc1Cl.Cl. The van der Waals surface area contributed by atoms with E-state index in [0.717, 1.165) is 21.4 Å². The van der Waals surface area contributed by atoms with Gasteiger partial charge < -0.3 is 19.2 Å². The average molecular weight is 487 g/mol. The van der Waals surface area contributed by atoms with Crippen LogP contribution in [0, 0.1) is 0 Å². The van der Waals surface area contributed by atoms with Gasteiger partial charge in [0.25, 0.3) is 0 Å². The first kappa shape index (κ1) is 22.6. The molecule has 3 aromatic rings. The molecule has 0 spiro atoms. The third kappa shape index (κ3) is 6.17. The number of rotatable bonds is 9. The van der Waals surface area contributed by atoms with Crippen molar-refractivity contribution >= 4 is 39.9 Å². The minimum absolute atomic E-state index is 0. The first-order valence-corrected chi connectivity index (χ1v) is 9.89. The van der Waals surface area contributed by atoms with E-state index in [4.69, 9.17) is 25.5 Å². The molecule has 0 aliphatic heterocycles. The average Bonchev–Trinajstić information content (AvgIpc) is 3.16. The Kier molecular flexibility index (Phi) is 9.19. The van der Waals surface area contributed by atoms with E-state index in [1.165, 1.54) is 0 Å². The molecule has 0 saturated carbocycles. The van der Waals surface area contributed by atoms with E-state index in [2.05, 4.69) is 21.2 Å². The van der Waals surface area contributed by atoms with Crippen molar-refractivity contribution in [3.63, 3.8) is 0 Å². The molecule has 1 aromatic heterocycles. The van der Waals surface area contributed by atoms with Crippen LogP contribution < -0.4 is 14.8 Å². The van der Waals surface area contributed by atoms with Crippen molar-refractivity contribution in [3.8, 4) is 11.5 Å². The van der Waals surface area contributed by atoms with E-state index in [1.54, 1.807) is 6.26 Å². The number of hydrogen-bond donors (Lipinski definition) is 1. The molecule has 0 bridgehead atoms. The van der Waals surface area contributed by atoms with Crippen molar-refractivity contribution in [1.29, 1.82) is 0 Å². The molecule has 4 nitrogen and oxygen atoms in total. The van der Waals surface area contributed by atoms with Crippen LogP contribution in [-0.4, -0.2) is 6.61 Å². The molecule has 7 heteroatoms. The number of hydrogen-bond acceptors (Lipinski definition) is 4. The zero-order valence-electron chi connectivity index (χ0n) is 15.4. The van der Waals surface area contributed by atoms with Crippen LogP contribution in [0.1, 0.15) is 23.8 Å². The van der Waals surface area contributed by atoms with Gasteiger partial charge in [-0.3, -0.25) is 0 Å². The number of nitrogens with one attached hydrogen (secondary N) is 1. The zero-order valence-corrected chi connectivity index (χ0v) is 18.6. The van der Waals surface area contributed by atoms with Crippen molar-refractivity contribution in [2.75, 3.05) is 6.61 Å². The molecule has 0 fully saturated rings. The smallest absolute Gasteiger partial charge is 0.175 e. The molecule has 0 radical (unpaired) electrons. The van der Waals surface area contributed by atoms with Gasteiger partial charge in [-0.15, -0.1) is 12.4 Å². The zero-order chi connectivity index (χ0) is 19.1. The summed E-state index contributed by atoms with van der Waals surface area (Å²) in [4.78, 5) is 0. The quantitative estimate of drug-likeness (QED) is 0.380. The Bertz CT molecular complexity index is 872. The molecular formula is C21H22BrCl2NO3. The summed E-state index contributed by atoms with van der Waals surface area (Å²) in [6.07, 6.45) is 1.67. The Balaban J connectivity index is 0.00000280. The predicted octanol–water partition coefficient (Wildman–Crippen LogP) is 6.38. The number of halogens is 3. The molecule has 1 N–H and O–H groups in total. The third-order valence-electron chi connectivity index (χ3n) is 3.91. The lowest BCUT2D eigenvalue weighted by atomic mass is 10.2. The summed E-state index contributed by atoms with van der Waals surface area (Å²) in [5.41, 5.74) is 2.01. The second kappa shape index (κ2) is 11.4. The fourth-order valence-electron chi connectivity index (χ4n) is 2.64. The fraction of sp³-hybridized carbons (Fsp3) is 0.238. The molecule has 0 amide bonds. The molecule has 0 saturated heterocycles. The van der Waals surface area contributed by atoms with Crippen molar-refractivity contribution in [2.24, 2.45) is 0 Å². The van der Waals surface area contributed by atoms with Gasteiger partial charge in [0.2, 0.25) is 0 Å². The molecular weight excluding hydrogens is 465 g/mol. The van der Waals surface area contributed by atoms with E-state index in [1.807, 2.05) is 55.5 Å². The monoisotopic (exact) mass is 485 g/mol. The first-order chi connectivity index (χ1) is 13.2. The summed E-state index contributed by atoms with van der Waals surface area (Å²) in [6.45, 7) is 4.23. The second-order valence-electron chi connectivity index (χ2n) is 5.90. The molecule has 3 rings (SSSR count). The van der Waals surface area contributed by atoms with Crippen LogP contribution in [0.2, 0.25) is 5.02 Å². The van der Waals surface area contributed by atoms with Crippen molar-refractivity contribution in [2.45, 2.75) is 26.6 Å². The lowest BCUT2D eigenvalue weighted by Gasteiger charge is -2.16. The Morgan fingerprint density at radius 1 is 1.07 bits per heavy atom. The normalized spacial score (nSPS) is 10.4. The van der Waals surface area contributed by atoms with E-state index >= 15 is 0 Å². The van der Waals surface area contributed by atoms with Crippen molar-refractivity contribution in [1.82, 2.24) is 5.32 Å². The first-order valence-electron chi connectivity index (χ1n) is 8.72. The summed E-state index contributed by atoms with van der Waals surface area (Å²) in [5, 5.41) is 4.04. The minimum atomic E-state index is 0. The van der Waals surface area contributed by atoms with Crippen LogP contribution in [0.4, 0.5) is 0 Å². The largest absolute Gasteiger partial charge is 0.490 e. The Morgan fingerprint density at radius 2 is 1.89 bits per heavy atom. The van der Waals surface area contributed by atoms with E-state index in [-0.39, 0.29) is 12.4 Å². The summed E-state index contributed by atoms with van der Waals surface area (Å²) in [5.74, 6) is 2.28. The van der Waals surface area contributed by atoms with Gasteiger partial charge in [-0.25, -0.2) is 0 Å². The maximum atomic E-state index is 6.22. The number of furan rings is 1. The van der Waals surface area contributed by atoms with Gasteiger partial charge >= 0.3 is 0 Å². The van der Waals surface area contributed by atoms with Crippen LogP contribution >= 0.6 is 39.9 Å². The highest BCUT2D eigenvalue weighted by Crippen LogP contribution is 2.37. The van der Waals surface area contributed by atoms with E-state index in [0.29, 0.717) is 42.8 Å². The molecule has 0 atom stereocenters. The maximum Gasteiger partial charge on any atom is 0.175 e. The number of benzene rings is 2. The van der Waals surface area contributed by atoms with Crippen LogP contribution in [0.25, 0.3) is 0 Å². The predicted molar refractivity (Wildman–Crippen MR) is 118 cm³/mol. The fourth-order valence-corrected chi connectivity index (χ4v) is 3.43. The van der Waals surface area contributed by atoms with Crippen LogP contribution in [-0.2, 0) is 19.7 Å². The third-order valence-corrected chi connectivity index (χ3v) is 4.87. The van der Waals surface area contributed by atoms with Gasteiger partial charge in [-0.05, 0) is 58.7 Å². The Hall–Kier alpha value is -1.66. The molecule has 28 heavy (non-hydrogen) atoms. The van der Waals surface area contributed by atoms with Gasteiger partial charge in [-0.1, -0.05) is 29.8 Å². The van der Waals surface area contributed by atoms with Gasteiger partial charge in [0.05, 0.1) is 23.9 Å². The maximum absolute atomic E-state index is 6.22. The highest BCUT2D eigenvalue weighted by atomic mass is 79.9. The van der Waals surface area contributed by atoms with Gasteiger partial charge in [0, 0.05) is 17.1 Å². The summed E-state index contributed by atoms with van der Waals surface area (Å²) < 4.78 is 18.0. The van der Waals surface area contributed by atoms with Crippen LogP contribution in [0.15, 0.2) is 63.7 Å². The van der Waals surface area contributed by atoms with E-state index in [9.17, 15) is 0 Å². The molecule has 0 unspecified atom stereocenters. The van der Waals surface area contributed by atoms with Crippen molar-refractivity contribution in [3.05, 3.63) is 81.2 Å². The van der Waals surface area contributed by atoms with Gasteiger partial charge in [-0.2, -0.15) is 0 Å². The standard InChI is InChI=1S/C21H21BrClNO3.ClH/c1-2-25-20-11-15(12-24-13-17-7-5-9-26-17)10-18(22)21(20)27-14-16-6-3-4-8-19(16)23;/h3-11,24H,2,12-14H2,1H3;1H. The van der Waals surface area contributed by atoms with Crippen LogP contribution in [0.5, 0.6) is 11.5 Å². The second-order valence-corrected chi connectivity index (χ2v) is 7.16. The Labute approximate surface area is 184 Å².